The Kier molecular flexibility index (Phi) is 1.20. The van der Waals surface area contributed by atoms with Gasteiger partial charge in [0.25, 0.3) is 0 Å². The smallest absolute Gasteiger partial charge is 0.162 e. The van der Waals surface area contributed by atoms with Gasteiger partial charge in [0.05, 0.1) is 13.4 Å². The molecule has 4 heteroatoms. The average molecular weight is 206 g/mol. The van der Waals surface area contributed by atoms with Gasteiger partial charge in [0.2, 0.25) is 0 Å². The third kappa shape index (κ3) is 1.71. The van der Waals surface area contributed by atoms with Crippen molar-refractivity contribution in [2.24, 2.45) is 0 Å². The Morgan fingerprint density at radius 2 is 2.62 bits per heavy atom. The van der Waals surface area contributed by atoms with E-state index in [0.29, 0.717) is 0 Å². The van der Waals surface area contributed by atoms with E-state index in [-0.39, 0.29) is 16.5 Å². The number of hydrogen-bond donors (Lipinski definition) is 1. The molecule has 13 heavy (non-hydrogen) atoms. The average Bonchev–Trinajstić information content (AvgIpc) is 2.18. The van der Waals surface area contributed by atoms with Gasteiger partial charge in [-0.3, -0.25) is 0 Å². The molecule has 1 atom stereocenters. The van der Waals surface area contributed by atoms with Crippen LogP contribution in [0.3, 0.4) is 0 Å². The van der Waals surface area contributed by atoms with Crippen LogP contribution in [0.5, 0.6) is 11.5 Å². The molecule has 1 unspecified atom stereocenters. The molecule has 0 fully saturated rings. The summed E-state index contributed by atoms with van der Waals surface area (Å²) in [7, 11) is 0. The first kappa shape index (κ1) is 4.53. The third-order valence-corrected chi connectivity index (χ3v) is 1.71. The number of ether oxygens (including phenoxy) is 2. The molecule has 0 spiro atoms. The number of rotatable bonds is 1. The van der Waals surface area contributed by atoms with Crippen molar-refractivity contribution < 1.29 is 21.4 Å². The van der Waals surface area contributed by atoms with Crippen molar-refractivity contribution in [1.82, 2.24) is 0 Å². The summed E-state index contributed by atoms with van der Waals surface area (Å²) in [6, 6.07) is 4.00. The summed E-state index contributed by atoms with van der Waals surface area (Å²) in [4.78, 5) is 0. The van der Waals surface area contributed by atoms with E-state index < -0.39 is 19.2 Å². The molecule has 1 aromatic rings. The molecular weight excluding hydrogens is 192 g/mol. The second kappa shape index (κ2) is 3.44. The summed E-state index contributed by atoms with van der Waals surface area (Å²) < 4.78 is 46.8. The highest BCUT2D eigenvalue weighted by molar-refractivity contribution is 6.30. The first-order chi connectivity index (χ1) is 8.07. The van der Waals surface area contributed by atoms with Crippen LogP contribution in [0, 0.1) is 0 Å². The molecule has 0 saturated heterocycles. The van der Waals surface area contributed by atoms with E-state index in [4.69, 9.17) is 27.9 Å². The monoisotopic (exact) mass is 205 g/mol. The molecule has 1 heterocycles. The van der Waals surface area contributed by atoms with Gasteiger partial charge in [-0.1, -0.05) is 11.6 Å². The van der Waals surface area contributed by atoms with E-state index in [1.54, 1.807) is 0 Å². The lowest BCUT2D eigenvalue weighted by molar-refractivity contribution is 0.0456. The molecule has 3 nitrogen and oxygen atoms in total. The Morgan fingerprint density at radius 3 is 3.38 bits per heavy atom. The lowest BCUT2D eigenvalue weighted by atomic mass is 10.3. The van der Waals surface area contributed by atoms with E-state index in [0.717, 1.165) is 0 Å². The zero-order valence-corrected chi connectivity index (χ0v) is 7.13. The standard InChI is InChI=1S/C9H9ClO3/c10-6-1-2-8-9(3-6)12-5-7(4-11)13-8/h1-3,7,11H,4-5H2/i4D2,5D2,7D. The number of halogens is 1. The van der Waals surface area contributed by atoms with Crippen LogP contribution in [0.4, 0.5) is 0 Å². The van der Waals surface area contributed by atoms with Gasteiger partial charge in [-0.15, -0.1) is 0 Å². The molecule has 1 N–H and O–H groups in total. The predicted octanol–water partition coefficient (Wildman–Crippen LogP) is 1.47. The van der Waals surface area contributed by atoms with Crippen molar-refractivity contribution in [3.8, 4) is 11.5 Å². The number of aliphatic hydroxyl groups is 1. The molecule has 0 amide bonds. The highest BCUT2D eigenvalue weighted by atomic mass is 35.5. The van der Waals surface area contributed by atoms with Gasteiger partial charge in [0, 0.05) is 11.1 Å². The number of benzene rings is 1. The minimum atomic E-state index is -3.26. The summed E-state index contributed by atoms with van der Waals surface area (Å²) in [5, 5.41) is 9.57. The van der Waals surface area contributed by atoms with Crippen molar-refractivity contribution in [2.45, 2.75) is 6.08 Å². The van der Waals surface area contributed by atoms with Gasteiger partial charge in [-0.25, -0.2) is 0 Å². The Hall–Kier alpha value is -0.930. The van der Waals surface area contributed by atoms with Gasteiger partial charge < -0.3 is 14.6 Å². The maximum absolute atomic E-state index is 9.29. The fraction of sp³-hybridized carbons (Fsp3) is 0.333. The lowest BCUT2D eigenvalue weighted by Gasteiger charge is -2.24. The van der Waals surface area contributed by atoms with E-state index >= 15 is 0 Å². The number of fused-ring (bicyclic) bond motifs is 1. The molecule has 2 rings (SSSR count). The molecule has 0 aliphatic carbocycles. The third-order valence-electron chi connectivity index (χ3n) is 1.47. The molecule has 70 valence electrons. The Labute approximate surface area is 87.9 Å². The first-order valence-electron chi connectivity index (χ1n) is 5.97. The highest BCUT2D eigenvalue weighted by Crippen LogP contribution is 2.33. The van der Waals surface area contributed by atoms with Gasteiger partial charge >= 0.3 is 0 Å². The zero-order valence-electron chi connectivity index (χ0n) is 11.4. The van der Waals surface area contributed by atoms with Crippen LogP contribution < -0.4 is 9.47 Å². The van der Waals surface area contributed by atoms with Gasteiger partial charge in [0.15, 0.2) is 17.6 Å². The quantitative estimate of drug-likeness (QED) is 0.755. The van der Waals surface area contributed by atoms with Crippen LogP contribution in [0.2, 0.25) is 5.02 Å². The molecule has 0 radical (unpaired) electrons. The van der Waals surface area contributed by atoms with Crippen LogP contribution >= 0.6 is 11.6 Å². The molecule has 1 aliphatic rings. The fourth-order valence-electron chi connectivity index (χ4n) is 0.924. The van der Waals surface area contributed by atoms with Crippen LogP contribution in [0.25, 0.3) is 0 Å². The van der Waals surface area contributed by atoms with Crippen LogP contribution in [0.15, 0.2) is 18.2 Å². The maximum Gasteiger partial charge on any atom is 0.162 e. The van der Waals surface area contributed by atoms with Crippen molar-refractivity contribution in [2.75, 3.05) is 13.1 Å². The van der Waals surface area contributed by atoms with E-state index in [1.807, 2.05) is 0 Å². The molecule has 1 aromatic carbocycles. The largest absolute Gasteiger partial charge is 0.486 e. The van der Waals surface area contributed by atoms with Crippen molar-refractivity contribution in [3.63, 3.8) is 0 Å². The summed E-state index contributed by atoms with van der Waals surface area (Å²) in [5.41, 5.74) is 0. The van der Waals surface area contributed by atoms with Crippen LogP contribution in [0.1, 0.15) is 6.85 Å². The van der Waals surface area contributed by atoms with Gasteiger partial charge in [0.1, 0.15) is 6.56 Å². The Bertz CT molecular complexity index is 490. The minimum absolute atomic E-state index is 0.0559. The molecule has 1 aliphatic heterocycles. The molecule has 0 bridgehead atoms. The van der Waals surface area contributed by atoms with Crippen LogP contribution in [-0.4, -0.2) is 24.3 Å². The van der Waals surface area contributed by atoms with E-state index in [9.17, 15) is 5.11 Å². The zero-order chi connectivity index (χ0) is 13.8. The second-order valence-corrected chi connectivity index (χ2v) is 2.77. The summed E-state index contributed by atoms with van der Waals surface area (Å²) in [6.07, 6.45) is -2.94. The summed E-state index contributed by atoms with van der Waals surface area (Å²) >= 11 is 5.70. The summed E-state index contributed by atoms with van der Waals surface area (Å²) in [6.45, 7) is -6.14. The van der Waals surface area contributed by atoms with E-state index in [1.165, 1.54) is 18.2 Å². The van der Waals surface area contributed by atoms with Gasteiger partial charge in [-0.2, -0.15) is 0 Å². The highest BCUT2D eigenvalue weighted by Gasteiger charge is 2.19. The van der Waals surface area contributed by atoms with Gasteiger partial charge in [-0.05, 0) is 12.1 Å². The SMILES string of the molecule is [2H]C([2H])(O)C1([2H])Oc2ccc(Cl)cc2OC1([2H])[2H]. The Balaban J connectivity index is 2.53. The van der Waals surface area contributed by atoms with Crippen molar-refractivity contribution >= 4 is 11.6 Å². The lowest BCUT2D eigenvalue weighted by Crippen LogP contribution is -2.32. The topological polar surface area (TPSA) is 38.7 Å². The normalized spacial score (nSPS) is 36.3. The predicted molar refractivity (Wildman–Crippen MR) is 48.4 cm³/mol. The molecule has 0 aromatic heterocycles. The van der Waals surface area contributed by atoms with Crippen molar-refractivity contribution in [1.29, 1.82) is 0 Å². The molecule has 0 saturated carbocycles. The van der Waals surface area contributed by atoms with Crippen molar-refractivity contribution in [3.05, 3.63) is 23.2 Å². The fourth-order valence-corrected chi connectivity index (χ4v) is 1.09. The number of hydrogen-bond acceptors (Lipinski definition) is 3. The second-order valence-electron chi connectivity index (χ2n) is 2.34. The molecular formula is C9H9ClO3. The van der Waals surface area contributed by atoms with Crippen LogP contribution in [-0.2, 0) is 0 Å². The first-order valence-corrected chi connectivity index (χ1v) is 3.85. The minimum Gasteiger partial charge on any atom is -0.486 e. The Morgan fingerprint density at radius 1 is 1.77 bits per heavy atom. The maximum atomic E-state index is 9.29. The summed E-state index contributed by atoms with van der Waals surface area (Å²) in [5.74, 6) is -0.123. The van der Waals surface area contributed by atoms with E-state index in [2.05, 4.69) is 0 Å².